The monoisotopic (exact) mass is 339 g/mol. The molecule has 6 heteroatoms. The molecule has 0 radical (unpaired) electrons. The van der Waals surface area contributed by atoms with Crippen molar-refractivity contribution in [3.05, 3.63) is 60.3 Å². The van der Waals surface area contributed by atoms with E-state index < -0.39 is 0 Å². The Morgan fingerprint density at radius 2 is 2.08 bits per heavy atom. The molecule has 0 aromatic carbocycles. The quantitative estimate of drug-likeness (QED) is 0.849. The van der Waals surface area contributed by atoms with Crippen LogP contribution in [0, 0.1) is 5.92 Å². The summed E-state index contributed by atoms with van der Waals surface area (Å²) in [5.41, 5.74) is 0.429. The maximum Gasteiger partial charge on any atom is 0.269 e. The Kier molecular flexibility index (Phi) is 5.61. The number of nitrogens with zero attached hydrogens (tertiary/aromatic N) is 2. The standard InChI is InChI=1S/C19H21N3O3/c23-18(7-6-16-4-3-13-25-16)22-11-8-15(9-12-22)14-21-19(24)17-5-1-2-10-20-17/h1-7,10,13,15H,8-9,11-12,14H2,(H,21,24)/b7-6+. The number of carbonyl (C=O) groups excluding carboxylic acids is 2. The highest BCUT2D eigenvalue weighted by molar-refractivity contribution is 5.92. The molecule has 1 saturated heterocycles. The van der Waals surface area contributed by atoms with Crippen molar-refractivity contribution in [3.63, 3.8) is 0 Å². The summed E-state index contributed by atoms with van der Waals surface area (Å²) in [6.45, 7) is 2.01. The van der Waals surface area contributed by atoms with Gasteiger partial charge >= 0.3 is 0 Å². The fraction of sp³-hybridized carbons (Fsp3) is 0.316. The number of likely N-dealkylation sites (tertiary alicyclic amines) is 1. The van der Waals surface area contributed by atoms with Gasteiger partial charge in [-0.25, -0.2) is 0 Å². The van der Waals surface area contributed by atoms with Gasteiger partial charge in [-0.2, -0.15) is 0 Å². The molecule has 1 fully saturated rings. The minimum absolute atomic E-state index is 0.00706. The number of aromatic nitrogens is 1. The summed E-state index contributed by atoms with van der Waals surface area (Å²) >= 11 is 0. The van der Waals surface area contributed by atoms with Crippen LogP contribution in [0.3, 0.4) is 0 Å². The average Bonchev–Trinajstić information content (AvgIpc) is 3.19. The number of rotatable bonds is 5. The normalized spacial score (nSPS) is 15.4. The fourth-order valence-corrected chi connectivity index (χ4v) is 2.83. The van der Waals surface area contributed by atoms with E-state index in [4.69, 9.17) is 4.42 Å². The molecule has 2 aromatic heterocycles. The van der Waals surface area contributed by atoms with Gasteiger partial charge in [0.2, 0.25) is 5.91 Å². The first-order valence-electron chi connectivity index (χ1n) is 8.42. The number of furan rings is 1. The largest absolute Gasteiger partial charge is 0.465 e. The molecule has 0 unspecified atom stereocenters. The number of hydrogen-bond donors (Lipinski definition) is 1. The Hall–Kier alpha value is -2.89. The minimum atomic E-state index is -0.152. The van der Waals surface area contributed by atoms with Crippen LogP contribution in [0.25, 0.3) is 6.08 Å². The predicted octanol–water partition coefficient (Wildman–Crippen LogP) is 2.36. The second kappa shape index (κ2) is 8.28. The molecule has 0 aliphatic carbocycles. The molecule has 0 saturated carbocycles. The molecule has 0 atom stereocenters. The summed E-state index contributed by atoms with van der Waals surface area (Å²) in [6, 6.07) is 8.86. The van der Waals surface area contributed by atoms with Gasteiger partial charge in [-0.15, -0.1) is 0 Å². The van der Waals surface area contributed by atoms with E-state index in [1.807, 2.05) is 4.90 Å². The van der Waals surface area contributed by atoms with Gasteiger partial charge in [0, 0.05) is 31.9 Å². The molecule has 3 heterocycles. The zero-order valence-electron chi connectivity index (χ0n) is 13.9. The van der Waals surface area contributed by atoms with Crippen LogP contribution in [-0.4, -0.2) is 41.3 Å². The van der Waals surface area contributed by atoms with E-state index >= 15 is 0 Å². The van der Waals surface area contributed by atoms with Crippen LogP contribution in [0.1, 0.15) is 29.1 Å². The van der Waals surface area contributed by atoms with E-state index in [9.17, 15) is 9.59 Å². The molecule has 3 rings (SSSR count). The van der Waals surface area contributed by atoms with E-state index in [0.29, 0.717) is 37.0 Å². The van der Waals surface area contributed by atoms with E-state index in [2.05, 4.69) is 10.3 Å². The third kappa shape index (κ3) is 4.79. The lowest BCUT2D eigenvalue weighted by atomic mass is 9.96. The Labute approximate surface area is 146 Å². The van der Waals surface area contributed by atoms with Crippen molar-refractivity contribution in [2.24, 2.45) is 5.92 Å². The van der Waals surface area contributed by atoms with Crippen molar-refractivity contribution in [3.8, 4) is 0 Å². The second-order valence-electron chi connectivity index (χ2n) is 6.04. The molecular formula is C19H21N3O3. The van der Waals surface area contributed by atoms with Gasteiger partial charge < -0.3 is 14.6 Å². The van der Waals surface area contributed by atoms with Gasteiger partial charge in [0.1, 0.15) is 11.5 Å². The summed E-state index contributed by atoms with van der Waals surface area (Å²) in [5.74, 6) is 0.888. The van der Waals surface area contributed by atoms with Crippen molar-refractivity contribution in [1.29, 1.82) is 0 Å². The summed E-state index contributed by atoms with van der Waals surface area (Å²) < 4.78 is 5.18. The van der Waals surface area contributed by atoms with E-state index in [-0.39, 0.29) is 11.8 Å². The van der Waals surface area contributed by atoms with Crippen molar-refractivity contribution < 1.29 is 14.0 Å². The lowest BCUT2D eigenvalue weighted by Gasteiger charge is -2.31. The topological polar surface area (TPSA) is 75.4 Å². The van der Waals surface area contributed by atoms with Crippen molar-refractivity contribution in [2.75, 3.05) is 19.6 Å². The lowest BCUT2D eigenvalue weighted by molar-refractivity contribution is -0.127. The number of amides is 2. The van der Waals surface area contributed by atoms with Gasteiger partial charge in [0.25, 0.3) is 5.91 Å². The molecule has 1 aliphatic heterocycles. The summed E-state index contributed by atoms with van der Waals surface area (Å²) in [4.78, 5) is 30.0. The first kappa shape index (κ1) is 17.0. The molecule has 1 aliphatic rings. The van der Waals surface area contributed by atoms with Gasteiger partial charge in [0.15, 0.2) is 0 Å². The smallest absolute Gasteiger partial charge is 0.269 e. The molecule has 25 heavy (non-hydrogen) atoms. The summed E-state index contributed by atoms with van der Waals surface area (Å²) in [5, 5.41) is 2.93. The van der Waals surface area contributed by atoms with Crippen molar-refractivity contribution in [1.82, 2.24) is 15.2 Å². The highest BCUT2D eigenvalue weighted by Crippen LogP contribution is 2.17. The fourth-order valence-electron chi connectivity index (χ4n) is 2.83. The van der Waals surface area contributed by atoms with Crippen LogP contribution in [0.5, 0.6) is 0 Å². The zero-order chi connectivity index (χ0) is 17.5. The molecule has 0 bridgehead atoms. The first-order valence-corrected chi connectivity index (χ1v) is 8.42. The Balaban J connectivity index is 1.41. The van der Waals surface area contributed by atoms with Gasteiger partial charge in [-0.1, -0.05) is 6.07 Å². The number of hydrogen-bond acceptors (Lipinski definition) is 4. The van der Waals surface area contributed by atoms with Gasteiger partial charge in [-0.05, 0) is 49.1 Å². The molecular weight excluding hydrogens is 318 g/mol. The maximum absolute atomic E-state index is 12.2. The van der Waals surface area contributed by atoms with Crippen molar-refractivity contribution >= 4 is 17.9 Å². The molecule has 130 valence electrons. The van der Waals surface area contributed by atoms with Crippen LogP contribution in [0.2, 0.25) is 0 Å². The van der Waals surface area contributed by atoms with Crippen LogP contribution >= 0.6 is 0 Å². The SMILES string of the molecule is O=C(NCC1CCN(C(=O)/C=C/c2ccco2)CC1)c1ccccn1. The highest BCUT2D eigenvalue weighted by atomic mass is 16.3. The number of pyridine rings is 1. The maximum atomic E-state index is 12.2. The lowest BCUT2D eigenvalue weighted by Crippen LogP contribution is -2.41. The molecule has 0 spiro atoms. The van der Waals surface area contributed by atoms with Crippen LogP contribution < -0.4 is 5.32 Å². The number of piperidine rings is 1. The third-order valence-electron chi connectivity index (χ3n) is 4.31. The summed E-state index contributed by atoms with van der Waals surface area (Å²) in [7, 11) is 0. The van der Waals surface area contributed by atoms with Gasteiger partial charge in [-0.3, -0.25) is 14.6 Å². The Bertz CT molecular complexity index is 718. The minimum Gasteiger partial charge on any atom is -0.465 e. The van der Waals surface area contributed by atoms with Gasteiger partial charge in [0.05, 0.1) is 6.26 Å². The first-order chi connectivity index (χ1) is 12.2. The van der Waals surface area contributed by atoms with Crippen LogP contribution in [0.15, 0.2) is 53.3 Å². The molecule has 1 N–H and O–H groups in total. The van der Waals surface area contributed by atoms with Crippen LogP contribution in [0.4, 0.5) is 0 Å². The highest BCUT2D eigenvalue weighted by Gasteiger charge is 2.22. The number of nitrogens with one attached hydrogen (secondary N) is 1. The average molecular weight is 339 g/mol. The van der Waals surface area contributed by atoms with E-state index in [1.54, 1.807) is 54.9 Å². The van der Waals surface area contributed by atoms with Crippen molar-refractivity contribution in [2.45, 2.75) is 12.8 Å². The predicted molar refractivity (Wildman–Crippen MR) is 93.6 cm³/mol. The molecule has 2 amide bonds. The Morgan fingerprint density at radius 1 is 1.24 bits per heavy atom. The second-order valence-corrected chi connectivity index (χ2v) is 6.04. The summed E-state index contributed by atoms with van der Waals surface area (Å²) in [6.07, 6.45) is 8.17. The van der Waals surface area contributed by atoms with E-state index in [1.165, 1.54) is 0 Å². The molecule has 6 nitrogen and oxygen atoms in total. The third-order valence-corrected chi connectivity index (χ3v) is 4.31. The zero-order valence-corrected chi connectivity index (χ0v) is 13.9. The Morgan fingerprint density at radius 3 is 2.76 bits per heavy atom. The molecule has 2 aromatic rings. The number of carbonyl (C=O) groups is 2. The van der Waals surface area contributed by atoms with E-state index in [0.717, 1.165) is 12.8 Å². The van der Waals surface area contributed by atoms with Crippen LogP contribution in [-0.2, 0) is 4.79 Å².